The Morgan fingerprint density at radius 2 is 1.44 bits per heavy atom. The summed E-state index contributed by atoms with van der Waals surface area (Å²) in [6.45, 7) is 1.06. The van der Waals surface area contributed by atoms with Gasteiger partial charge in [0.1, 0.15) is 5.75 Å². The molecule has 1 heterocycles. The molecule has 0 radical (unpaired) electrons. The average molecular weight is 510 g/mol. The standard InChI is InChI=1S/C23H31N3O6S2/c1-25(2)33(28,29)21-11-7-19(8-12-21)17-24-23(27)18-32-20-9-13-22(14-10-20)34(30,31)26-15-5-3-4-6-16-26/h7-14H,3-6,15-18H2,1-2H3,(H,24,27). The van der Waals surface area contributed by atoms with Crippen molar-refractivity contribution in [3.63, 3.8) is 0 Å². The summed E-state index contributed by atoms with van der Waals surface area (Å²) in [7, 11) is -4.10. The molecule has 1 saturated heterocycles. The van der Waals surface area contributed by atoms with E-state index in [9.17, 15) is 21.6 Å². The van der Waals surface area contributed by atoms with E-state index < -0.39 is 20.0 Å². The van der Waals surface area contributed by atoms with E-state index in [1.165, 1.54) is 42.7 Å². The molecule has 0 aromatic heterocycles. The van der Waals surface area contributed by atoms with Crippen LogP contribution in [0.25, 0.3) is 0 Å². The van der Waals surface area contributed by atoms with Crippen molar-refractivity contribution in [3.8, 4) is 5.75 Å². The number of rotatable bonds is 9. The summed E-state index contributed by atoms with van der Waals surface area (Å²) in [5.74, 6) is 0.0365. The molecule has 9 nitrogen and oxygen atoms in total. The topological polar surface area (TPSA) is 113 Å². The van der Waals surface area contributed by atoms with Crippen LogP contribution in [0.5, 0.6) is 5.75 Å². The van der Waals surface area contributed by atoms with Crippen LogP contribution in [0.2, 0.25) is 0 Å². The summed E-state index contributed by atoms with van der Waals surface area (Å²) >= 11 is 0. The third-order valence-corrected chi connectivity index (χ3v) is 9.33. The van der Waals surface area contributed by atoms with Crippen molar-refractivity contribution in [3.05, 3.63) is 54.1 Å². The van der Waals surface area contributed by atoms with Gasteiger partial charge in [0.2, 0.25) is 20.0 Å². The predicted octanol–water partition coefficient (Wildman–Crippen LogP) is 2.20. The summed E-state index contributed by atoms with van der Waals surface area (Å²) in [5, 5.41) is 2.71. The van der Waals surface area contributed by atoms with E-state index in [4.69, 9.17) is 4.74 Å². The molecule has 0 aliphatic carbocycles. The normalized spacial score (nSPS) is 15.6. The van der Waals surface area contributed by atoms with E-state index in [-0.39, 0.29) is 28.8 Å². The molecule has 186 valence electrons. The summed E-state index contributed by atoms with van der Waals surface area (Å²) in [6.07, 6.45) is 3.83. The van der Waals surface area contributed by atoms with Gasteiger partial charge >= 0.3 is 0 Å². The third-order valence-electron chi connectivity index (χ3n) is 5.59. The van der Waals surface area contributed by atoms with Crippen molar-refractivity contribution in [1.29, 1.82) is 0 Å². The Morgan fingerprint density at radius 1 is 0.882 bits per heavy atom. The number of nitrogens with one attached hydrogen (secondary N) is 1. The van der Waals surface area contributed by atoms with Crippen LogP contribution in [0.3, 0.4) is 0 Å². The largest absolute Gasteiger partial charge is 0.484 e. The van der Waals surface area contributed by atoms with E-state index in [1.807, 2.05) is 0 Å². The van der Waals surface area contributed by atoms with E-state index in [1.54, 1.807) is 24.3 Å². The molecule has 1 fully saturated rings. The monoisotopic (exact) mass is 509 g/mol. The first-order valence-electron chi connectivity index (χ1n) is 11.1. The van der Waals surface area contributed by atoms with Crippen molar-refractivity contribution in [2.45, 2.75) is 42.0 Å². The van der Waals surface area contributed by atoms with Crippen molar-refractivity contribution < 1.29 is 26.4 Å². The number of ether oxygens (including phenoxy) is 1. The number of sulfonamides is 2. The molecule has 0 unspecified atom stereocenters. The van der Waals surface area contributed by atoms with Crippen molar-refractivity contribution >= 4 is 26.0 Å². The van der Waals surface area contributed by atoms with E-state index in [0.717, 1.165) is 35.6 Å². The van der Waals surface area contributed by atoms with Crippen molar-refractivity contribution in [2.75, 3.05) is 33.8 Å². The van der Waals surface area contributed by atoms with Gasteiger partial charge in [0.15, 0.2) is 6.61 Å². The summed E-state index contributed by atoms with van der Waals surface area (Å²) < 4.78 is 58.0. The van der Waals surface area contributed by atoms with Crippen molar-refractivity contribution in [1.82, 2.24) is 13.9 Å². The van der Waals surface area contributed by atoms with Gasteiger partial charge in [0.05, 0.1) is 9.79 Å². The molecule has 11 heteroatoms. The SMILES string of the molecule is CN(C)S(=O)(=O)c1ccc(CNC(=O)COc2ccc(S(=O)(=O)N3CCCCCC3)cc2)cc1. The van der Waals surface area contributed by atoms with Crippen molar-refractivity contribution in [2.24, 2.45) is 0 Å². The maximum Gasteiger partial charge on any atom is 0.258 e. The maximum absolute atomic E-state index is 12.8. The van der Waals surface area contributed by atoms with E-state index in [2.05, 4.69) is 5.32 Å². The van der Waals surface area contributed by atoms with Crippen LogP contribution in [0.4, 0.5) is 0 Å². The Kier molecular flexibility index (Phi) is 8.69. The molecule has 1 N–H and O–H groups in total. The fraction of sp³-hybridized carbons (Fsp3) is 0.435. The lowest BCUT2D eigenvalue weighted by molar-refractivity contribution is -0.123. The number of hydrogen-bond donors (Lipinski definition) is 1. The third kappa shape index (κ3) is 6.56. The van der Waals surface area contributed by atoms with Gasteiger partial charge in [-0.15, -0.1) is 0 Å². The first-order chi connectivity index (χ1) is 16.1. The van der Waals surface area contributed by atoms with Crippen LogP contribution < -0.4 is 10.1 Å². The minimum Gasteiger partial charge on any atom is -0.484 e. The fourth-order valence-electron chi connectivity index (χ4n) is 3.53. The second-order valence-electron chi connectivity index (χ2n) is 8.29. The van der Waals surface area contributed by atoms with E-state index >= 15 is 0 Å². The number of carbonyl (C=O) groups is 1. The highest BCUT2D eigenvalue weighted by Gasteiger charge is 2.25. The summed E-state index contributed by atoms with van der Waals surface area (Å²) in [4.78, 5) is 12.5. The minimum atomic E-state index is -3.53. The molecule has 0 bridgehead atoms. The zero-order valence-corrected chi connectivity index (χ0v) is 21.1. The quantitative estimate of drug-likeness (QED) is 0.555. The average Bonchev–Trinajstić information content (AvgIpc) is 3.12. The van der Waals surface area contributed by atoms with Crippen LogP contribution in [0.15, 0.2) is 58.3 Å². The summed E-state index contributed by atoms with van der Waals surface area (Å²) in [5.41, 5.74) is 0.745. The predicted molar refractivity (Wildman–Crippen MR) is 128 cm³/mol. The summed E-state index contributed by atoms with van der Waals surface area (Å²) in [6, 6.07) is 12.3. The Morgan fingerprint density at radius 3 is 2.00 bits per heavy atom. The van der Waals surface area contributed by atoms with Crippen LogP contribution in [-0.2, 0) is 31.4 Å². The van der Waals surface area contributed by atoms with Gasteiger partial charge in [0.25, 0.3) is 5.91 Å². The zero-order valence-electron chi connectivity index (χ0n) is 19.4. The lowest BCUT2D eigenvalue weighted by Gasteiger charge is -2.20. The number of nitrogens with zero attached hydrogens (tertiary/aromatic N) is 2. The van der Waals surface area contributed by atoms with Gasteiger partial charge in [-0.3, -0.25) is 4.79 Å². The molecule has 3 rings (SSSR count). The fourth-order valence-corrected chi connectivity index (χ4v) is 5.95. The van der Waals surface area contributed by atoms with Gasteiger partial charge in [0, 0.05) is 33.7 Å². The van der Waals surface area contributed by atoms with Gasteiger partial charge in [-0.1, -0.05) is 25.0 Å². The molecule has 0 spiro atoms. The number of amides is 1. The molecule has 1 amide bonds. The van der Waals surface area contributed by atoms with Crippen LogP contribution in [-0.4, -0.2) is 65.1 Å². The van der Waals surface area contributed by atoms with E-state index in [0.29, 0.717) is 18.8 Å². The lowest BCUT2D eigenvalue weighted by atomic mass is 10.2. The highest BCUT2D eigenvalue weighted by Crippen LogP contribution is 2.22. The molecular weight excluding hydrogens is 478 g/mol. The maximum atomic E-state index is 12.8. The molecule has 0 atom stereocenters. The molecule has 2 aromatic carbocycles. The lowest BCUT2D eigenvalue weighted by Crippen LogP contribution is -2.31. The zero-order chi connectivity index (χ0) is 24.8. The van der Waals surface area contributed by atoms with Gasteiger partial charge in [-0.05, 0) is 54.8 Å². The number of carbonyl (C=O) groups excluding carboxylic acids is 1. The molecular formula is C23H31N3O6S2. The minimum absolute atomic E-state index is 0.178. The second-order valence-corrected chi connectivity index (χ2v) is 12.4. The molecule has 1 aliphatic rings. The highest BCUT2D eigenvalue weighted by atomic mass is 32.2. The van der Waals surface area contributed by atoms with Crippen LogP contribution in [0, 0.1) is 0 Å². The number of benzene rings is 2. The van der Waals surface area contributed by atoms with Gasteiger partial charge in [-0.2, -0.15) is 4.31 Å². The molecule has 0 saturated carbocycles. The smallest absolute Gasteiger partial charge is 0.258 e. The van der Waals surface area contributed by atoms with Gasteiger partial charge < -0.3 is 10.1 Å². The first kappa shape index (κ1) is 26.1. The Bertz CT molecular complexity index is 1170. The Labute approximate surface area is 201 Å². The molecule has 2 aromatic rings. The van der Waals surface area contributed by atoms with Crippen LogP contribution >= 0.6 is 0 Å². The first-order valence-corrected chi connectivity index (χ1v) is 14.0. The van der Waals surface area contributed by atoms with Crippen LogP contribution in [0.1, 0.15) is 31.2 Å². The number of hydrogen-bond acceptors (Lipinski definition) is 6. The molecule has 1 aliphatic heterocycles. The Hall–Kier alpha value is -2.47. The Balaban J connectivity index is 1.49. The second kappa shape index (κ2) is 11.3. The molecule has 34 heavy (non-hydrogen) atoms. The van der Waals surface area contributed by atoms with Gasteiger partial charge in [-0.25, -0.2) is 21.1 Å². The highest BCUT2D eigenvalue weighted by molar-refractivity contribution is 7.89.